The Balaban J connectivity index is 1.47. The molecule has 21 heavy (non-hydrogen) atoms. The summed E-state index contributed by atoms with van der Waals surface area (Å²) in [7, 11) is 1.71. The Morgan fingerprint density at radius 2 is 2.43 bits per heavy atom. The van der Waals surface area contributed by atoms with Crippen LogP contribution in [0.3, 0.4) is 0 Å². The minimum atomic E-state index is 0.525. The van der Waals surface area contributed by atoms with Gasteiger partial charge in [-0.05, 0) is 12.8 Å². The van der Waals surface area contributed by atoms with Crippen LogP contribution in [-0.4, -0.2) is 39.6 Å². The van der Waals surface area contributed by atoms with Gasteiger partial charge in [0.05, 0.1) is 19.3 Å². The molecule has 0 aromatic carbocycles. The second kappa shape index (κ2) is 6.87. The summed E-state index contributed by atoms with van der Waals surface area (Å²) in [5.74, 6) is 1.75. The van der Waals surface area contributed by atoms with Gasteiger partial charge in [0.25, 0.3) is 0 Å². The fourth-order valence-electron chi connectivity index (χ4n) is 2.90. The van der Waals surface area contributed by atoms with Gasteiger partial charge in [-0.1, -0.05) is 0 Å². The van der Waals surface area contributed by atoms with Crippen molar-refractivity contribution in [1.29, 1.82) is 0 Å². The molecule has 0 radical (unpaired) electrons. The molecule has 1 aliphatic rings. The summed E-state index contributed by atoms with van der Waals surface area (Å²) >= 11 is 0. The number of fused-ring (bicyclic) bond motifs is 1. The summed E-state index contributed by atoms with van der Waals surface area (Å²) in [6.45, 7) is 4.43. The van der Waals surface area contributed by atoms with E-state index in [1.165, 1.54) is 24.2 Å². The maximum absolute atomic E-state index is 5.06. The first-order valence-corrected chi connectivity index (χ1v) is 7.59. The maximum atomic E-state index is 5.06. The van der Waals surface area contributed by atoms with Gasteiger partial charge in [0, 0.05) is 56.8 Å². The van der Waals surface area contributed by atoms with E-state index in [4.69, 9.17) is 4.74 Å². The molecule has 0 spiro atoms. The van der Waals surface area contributed by atoms with Gasteiger partial charge < -0.3 is 14.6 Å². The molecule has 6 heteroatoms. The Morgan fingerprint density at radius 1 is 1.48 bits per heavy atom. The third-order valence-electron chi connectivity index (χ3n) is 4.00. The van der Waals surface area contributed by atoms with Crippen LogP contribution in [0.2, 0.25) is 0 Å². The number of ether oxygens (including phenoxy) is 1. The quantitative estimate of drug-likeness (QED) is 0.837. The molecule has 0 unspecified atom stereocenters. The largest absolute Gasteiger partial charge is 0.383 e. The average Bonchev–Trinajstić information content (AvgIpc) is 3.14. The third-order valence-corrected chi connectivity index (χ3v) is 4.00. The van der Waals surface area contributed by atoms with Crippen LogP contribution in [0.25, 0.3) is 0 Å². The molecule has 6 nitrogen and oxygen atoms in total. The van der Waals surface area contributed by atoms with Gasteiger partial charge in [-0.3, -0.25) is 4.68 Å². The Labute approximate surface area is 125 Å². The maximum Gasteiger partial charge on any atom is 0.113 e. The van der Waals surface area contributed by atoms with E-state index >= 15 is 0 Å². The first-order valence-electron chi connectivity index (χ1n) is 7.59. The second-order valence-electron chi connectivity index (χ2n) is 5.55. The Kier molecular flexibility index (Phi) is 4.67. The van der Waals surface area contributed by atoms with Crippen LogP contribution in [0.5, 0.6) is 0 Å². The van der Waals surface area contributed by atoms with E-state index in [1.54, 1.807) is 7.11 Å². The number of imidazole rings is 1. The van der Waals surface area contributed by atoms with Crippen molar-refractivity contribution in [2.75, 3.05) is 20.3 Å². The van der Waals surface area contributed by atoms with Gasteiger partial charge in [0.2, 0.25) is 0 Å². The van der Waals surface area contributed by atoms with Crippen LogP contribution in [0.1, 0.15) is 30.1 Å². The highest BCUT2D eigenvalue weighted by Crippen LogP contribution is 2.24. The van der Waals surface area contributed by atoms with E-state index in [0.29, 0.717) is 12.5 Å². The highest BCUT2D eigenvalue weighted by atomic mass is 16.5. The number of hydrogen-bond acceptors (Lipinski definition) is 4. The SMILES string of the molecule is COCCn1cc(CNC[C@@H]2CCCn3ccnc32)cn1. The fourth-order valence-corrected chi connectivity index (χ4v) is 2.90. The lowest BCUT2D eigenvalue weighted by Crippen LogP contribution is -2.26. The molecule has 0 bridgehead atoms. The van der Waals surface area contributed by atoms with Crippen molar-refractivity contribution in [3.8, 4) is 0 Å². The van der Waals surface area contributed by atoms with Gasteiger partial charge >= 0.3 is 0 Å². The van der Waals surface area contributed by atoms with Gasteiger partial charge in [0.15, 0.2) is 0 Å². The number of nitrogens with zero attached hydrogens (tertiary/aromatic N) is 4. The molecule has 3 heterocycles. The van der Waals surface area contributed by atoms with Gasteiger partial charge in [-0.15, -0.1) is 0 Å². The fraction of sp³-hybridized carbons (Fsp3) is 0.600. The summed E-state index contributed by atoms with van der Waals surface area (Å²) in [5, 5.41) is 7.86. The molecule has 1 atom stereocenters. The number of rotatable bonds is 7. The van der Waals surface area contributed by atoms with Crippen LogP contribution in [0.15, 0.2) is 24.8 Å². The number of methoxy groups -OCH3 is 1. The molecule has 2 aromatic rings. The molecule has 0 amide bonds. The topological polar surface area (TPSA) is 56.9 Å². The molecule has 0 saturated carbocycles. The minimum Gasteiger partial charge on any atom is -0.383 e. The van der Waals surface area contributed by atoms with E-state index in [0.717, 1.165) is 26.2 Å². The lowest BCUT2D eigenvalue weighted by molar-refractivity contribution is 0.183. The van der Waals surface area contributed by atoms with Gasteiger partial charge in [0.1, 0.15) is 5.82 Å². The van der Waals surface area contributed by atoms with Crippen LogP contribution in [0.4, 0.5) is 0 Å². The Morgan fingerprint density at radius 3 is 3.33 bits per heavy atom. The lowest BCUT2D eigenvalue weighted by atomic mass is 9.99. The zero-order chi connectivity index (χ0) is 14.5. The monoisotopic (exact) mass is 289 g/mol. The van der Waals surface area contributed by atoms with Crippen molar-refractivity contribution in [2.24, 2.45) is 0 Å². The first kappa shape index (κ1) is 14.3. The minimum absolute atomic E-state index is 0.525. The molecule has 3 rings (SSSR count). The Bertz CT molecular complexity index is 562. The van der Waals surface area contributed by atoms with E-state index < -0.39 is 0 Å². The standard InChI is InChI=1S/C15H23N5O/c1-21-8-7-20-12-13(10-18-20)9-16-11-14-3-2-5-19-6-4-17-15(14)19/h4,6,10,12,14,16H,2-3,5,7-9,11H2,1H3/t14-/m0/s1. The first-order chi connectivity index (χ1) is 10.4. The highest BCUT2D eigenvalue weighted by molar-refractivity contribution is 5.06. The predicted molar refractivity (Wildman–Crippen MR) is 80.0 cm³/mol. The van der Waals surface area contributed by atoms with E-state index in [1.807, 2.05) is 17.1 Å². The summed E-state index contributed by atoms with van der Waals surface area (Å²) in [5.41, 5.74) is 1.21. The van der Waals surface area contributed by atoms with Crippen molar-refractivity contribution < 1.29 is 4.74 Å². The van der Waals surface area contributed by atoms with Crippen molar-refractivity contribution in [3.63, 3.8) is 0 Å². The zero-order valence-corrected chi connectivity index (χ0v) is 12.5. The summed E-state index contributed by atoms with van der Waals surface area (Å²) in [4.78, 5) is 4.49. The number of aromatic nitrogens is 4. The summed E-state index contributed by atoms with van der Waals surface area (Å²) < 4.78 is 9.26. The van der Waals surface area contributed by atoms with E-state index in [9.17, 15) is 0 Å². The Hall–Kier alpha value is -1.66. The van der Waals surface area contributed by atoms with Gasteiger partial charge in [-0.25, -0.2) is 4.98 Å². The molecule has 2 aromatic heterocycles. The molecule has 0 aliphatic carbocycles. The van der Waals surface area contributed by atoms with Crippen LogP contribution in [-0.2, 0) is 24.4 Å². The van der Waals surface area contributed by atoms with E-state index in [-0.39, 0.29) is 0 Å². The highest BCUT2D eigenvalue weighted by Gasteiger charge is 2.20. The molecule has 1 aliphatic heterocycles. The van der Waals surface area contributed by atoms with Crippen molar-refractivity contribution >= 4 is 0 Å². The third kappa shape index (κ3) is 3.51. The predicted octanol–water partition coefficient (Wildman–Crippen LogP) is 1.39. The average molecular weight is 289 g/mol. The number of nitrogens with one attached hydrogen (secondary N) is 1. The van der Waals surface area contributed by atoms with Crippen LogP contribution < -0.4 is 5.32 Å². The molecule has 0 fully saturated rings. The van der Waals surface area contributed by atoms with Crippen molar-refractivity contribution in [3.05, 3.63) is 36.2 Å². The van der Waals surface area contributed by atoms with Crippen LogP contribution >= 0.6 is 0 Å². The number of aryl methyl sites for hydroxylation is 1. The van der Waals surface area contributed by atoms with Crippen molar-refractivity contribution in [2.45, 2.75) is 38.4 Å². The van der Waals surface area contributed by atoms with E-state index in [2.05, 4.69) is 32.4 Å². The van der Waals surface area contributed by atoms with Crippen molar-refractivity contribution in [1.82, 2.24) is 24.6 Å². The lowest BCUT2D eigenvalue weighted by Gasteiger charge is -2.23. The molecule has 114 valence electrons. The van der Waals surface area contributed by atoms with Crippen LogP contribution in [0, 0.1) is 0 Å². The molecule has 0 saturated heterocycles. The summed E-state index contributed by atoms with van der Waals surface area (Å²) in [6, 6.07) is 0. The molecular weight excluding hydrogens is 266 g/mol. The van der Waals surface area contributed by atoms with Gasteiger partial charge in [-0.2, -0.15) is 5.10 Å². The summed E-state index contributed by atoms with van der Waals surface area (Å²) in [6.07, 6.45) is 10.5. The smallest absolute Gasteiger partial charge is 0.113 e. The zero-order valence-electron chi connectivity index (χ0n) is 12.5. The molecule has 1 N–H and O–H groups in total. The second-order valence-corrected chi connectivity index (χ2v) is 5.55. The number of hydrogen-bond donors (Lipinski definition) is 1. The molecular formula is C15H23N5O. The normalized spacial score (nSPS) is 17.9.